The first-order chi connectivity index (χ1) is 8.08. The van der Waals surface area contributed by atoms with Crippen LogP contribution in [0.25, 0.3) is 6.08 Å². The molecule has 0 bridgehead atoms. The molecule has 1 fully saturated rings. The number of benzene rings is 1. The van der Waals surface area contributed by atoms with Gasteiger partial charge in [-0.3, -0.25) is 0 Å². The van der Waals surface area contributed by atoms with Crippen LogP contribution < -0.4 is 4.90 Å². The Morgan fingerprint density at radius 1 is 1.53 bits per heavy atom. The fourth-order valence-electron chi connectivity index (χ4n) is 1.74. The van der Waals surface area contributed by atoms with Crippen LogP contribution in [0.2, 0.25) is 5.02 Å². The Morgan fingerprint density at radius 3 is 2.76 bits per heavy atom. The van der Waals surface area contributed by atoms with Crippen molar-refractivity contribution in [3.05, 3.63) is 34.9 Å². The molecule has 0 atom stereocenters. The third-order valence-corrected chi connectivity index (χ3v) is 3.17. The molecule has 1 aliphatic rings. The standard InChI is InChI=1S/C13H14ClNO2/c1-15(10-4-5-10)12-6-2-9(8-11(12)14)3-7-13(16)17/h2-3,6-8,10H,4-5H2,1H3,(H,16,17)/b7-3+. The highest BCUT2D eigenvalue weighted by atomic mass is 35.5. The van der Waals surface area contributed by atoms with E-state index in [0.29, 0.717) is 11.1 Å². The molecule has 0 spiro atoms. The highest BCUT2D eigenvalue weighted by Gasteiger charge is 2.27. The minimum absolute atomic E-state index is 0.605. The molecule has 90 valence electrons. The van der Waals surface area contributed by atoms with E-state index in [4.69, 9.17) is 16.7 Å². The van der Waals surface area contributed by atoms with E-state index in [9.17, 15) is 4.79 Å². The van der Waals surface area contributed by atoms with Crippen LogP contribution in [-0.2, 0) is 4.79 Å². The first-order valence-corrected chi connectivity index (χ1v) is 5.89. The first-order valence-electron chi connectivity index (χ1n) is 5.51. The van der Waals surface area contributed by atoms with Crippen molar-refractivity contribution in [2.45, 2.75) is 18.9 Å². The number of hydrogen-bond acceptors (Lipinski definition) is 2. The second-order valence-corrected chi connectivity index (χ2v) is 4.63. The number of hydrogen-bond donors (Lipinski definition) is 1. The van der Waals surface area contributed by atoms with Gasteiger partial charge in [-0.15, -0.1) is 0 Å². The maximum Gasteiger partial charge on any atom is 0.328 e. The predicted molar refractivity (Wildman–Crippen MR) is 69.5 cm³/mol. The summed E-state index contributed by atoms with van der Waals surface area (Å²) in [5, 5.41) is 9.20. The summed E-state index contributed by atoms with van der Waals surface area (Å²) >= 11 is 6.19. The molecule has 0 radical (unpaired) electrons. The molecule has 17 heavy (non-hydrogen) atoms. The molecule has 0 aliphatic heterocycles. The maximum atomic E-state index is 10.4. The van der Waals surface area contributed by atoms with Gasteiger partial charge in [-0.05, 0) is 36.6 Å². The fourth-order valence-corrected chi connectivity index (χ4v) is 2.06. The van der Waals surface area contributed by atoms with E-state index in [2.05, 4.69) is 4.90 Å². The maximum absolute atomic E-state index is 10.4. The minimum Gasteiger partial charge on any atom is -0.478 e. The number of nitrogens with zero attached hydrogens (tertiary/aromatic N) is 1. The second-order valence-electron chi connectivity index (χ2n) is 4.22. The molecule has 0 unspecified atom stereocenters. The van der Waals surface area contributed by atoms with E-state index < -0.39 is 5.97 Å². The van der Waals surface area contributed by atoms with Gasteiger partial charge >= 0.3 is 5.97 Å². The zero-order valence-corrected chi connectivity index (χ0v) is 10.3. The lowest BCUT2D eigenvalue weighted by Crippen LogP contribution is -2.19. The Morgan fingerprint density at radius 2 is 2.24 bits per heavy atom. The molecule has 2 rings (SSSR count). The average Bonchev–Trinajstić information content (AvgIpc) is 3.09. The SMILES string of the molecule is CN(c1ccc(/C=C/C(=O)O)cc1Cl)C1CC1. The van der Waals surface area contributed by atoms with Crippen LogP contribution in [0.15, 0.2) is 24.3 Å². The van der Waals surface area contributed by atoms with Gasteiger partial charge in [-0.2, -0.15) is 0 Å². The molecule has 0 aromatic heterocycles. The Hall–Kier alpha value is -1.48. The average molecular weight is 252 g/mol. The van der Waals surface area contributed by atoms with Crippen molar-refractivity contribution in [1.82, 2.24) is 0 Å². The highest BCUT2D eigenvalue weighted by Crippen LogP contribution is 2.34. The summed E-state index contributed by atoms with van der Waals surface area (Å²) in [6.07, 6.45) is 5.08. The van der Waals surface area contributed by atoms with E-state index in [1.807, 2.05) is 19.2 Å². The molecule has 1 aromatic rings. The third kappa shape index (κ3) is 3.01. The summed E-state index contributed by atoms with van der Waals surface area (Å²) < 4.78 is 0. The normalized spacial score (nSPS) is 15.2. The molecule has 1 aliphatic carbocycles. The van der Waals surface area contributed by atoms with Crippen LogP contribution >= 0.6 is 11.6 Å². The lowest BCUT2D eigenvalue weighted by atomic mass is 10.2. The number of anilines is 1. The van der Waals surface area contributed by atoms with E-state index in [1.54, 1.807) is 6.07 Å². The number of carboxylic acid groups (broad SMARTS) is 1. The van der Waals surface area contributed by atoms with Gasteiger partial charge in [0.25, 0.3) is 0 Å². The first kappa shape index (κ1) is 12.0. The largest absolute Gasteiger partial charge is 0.478 e. The second kappa shape index (κ2) is 4.80. The Kier molecular flexibility index (Phi) is 3.38. The fraction of sp³-hybridized carbons (Fsp3) is 0.308. The zero-order valence-electron chi connectivity index (χ0n) is 9.56. The van der Waals surface area contributed by atoms with Crippen molar-refractivity contribution < 1.29 is 9.90 Å². The molecule has 0 heterocycles. The van der Waals surface area contributed by atoms with Gasteiger partial charge in [-0.1, -0.05) is 17.7 Å². The summed E-state index contributed by atoms with van der Waals surface area (Å²) in [5.74, 6) is -0.958. The zero-order chi connectivity index (χ0) is 12.4. The molecule has 3 nitrogen and oxygen atoms in total. The monoisotopic (exact) mass is 251 g/mol. The lowest BCUT2D eigenvalue weighted by Gasteiger charge is -2.20. The minimum atomic E-state index is -0.958. The van der Waals surface area contributed by atoms with Gasteiger partial charge in [0.2, 0.25) is 0 Å². The van der Waals surface area contributed by atoms with Crippen molar-refractivity contribution in [2.24, 2.45) is 0 Å². The van der Waals surface area contributed by atoms with Gasteiger partial charge < -0.3 is 10.0 Å². The number of rotatable bonds is 4. The van der Waals surface area contributed by atoms with Crippen LogP contribution in [0, 0.1) is 0 Å². The number of carboxylic acids is 1. The van der Waals surface area contributed by atoms with E-state index in [0.717, 1.165) is 17.3 Å². The summed E-state index contributed by atoms with van der Waals surface area (Å²) in [6.45, 7) is 0. The van der Waals surface area contributed by atoms with Gasteiger partial charge in [0.05, 0.1) is 10.7 Å². The number of carbonyl (C=O) groups is 1. The van der Waals surface area contributed by atoms with E-state index in [-0.39, 0.29) is 0 Å². The molecule has 4 heteroatoms. The van der Waals surface area contributed by atoms with Crippen LogP contribution in [0.5, 0.6) is 0 Å². The Bertz CT molecular complexity index is 466. The third-order valence-electron chi connectivity index (χ3n) is 2.86. The van der Waals surface area contributed by atoms with E-state index in [1.165, 1.54) is 18.9 Å². The quantitative estimate of drug-likeness (QED) is 0.837. The smallest absolute Gasteiger partial charge is 0.328 e. The topological polar surface area (TPSA) is 40.5 Å². The van der Waals surface area contributed by atoms with Crippen molar-refractivity contribution in [2.75, 3.05) is 11.9 Å². The van der Waals surface area contributed by atoms with Gasteiger partial charge in [-0.25, -0.2) is 4.79 Å². The summed E-state index contributed by atoms with van der Waals surface area (Å²) in [7, 11) is 2.03. The van der Waals surface area contributed by atoms with Crippen LogP contribution in [0.1, 0.15) is 18.4 Å². The molecular weight excluding hydrogens is 238 g/mol. The van der Waals surface area contributed by atoms with Crippen molar-refractivity contribution in [3.63, 3.8) is 0 Å². The van der Waals surface area contributed by atoms with E-state index >= 15 is 0 Å². The summed E-state index contributed by atoms with van der Waals surface area (Å²) in [4.78, 5) is 12.6. The van der Waals surface area contributed by atoms with Crippen LogP contribution in [0.4, 0.5) is 5.69 Å². The summed E-state index contributed by atoms with van der Waals surface area (Å²) in [5.41, 5.74) is 1.80. The number of aliphatic carboxylic acids is 1. The Labute approximate surface area is 105 Å². The lowest BCUT2D eigenvalue weighted by molar-refractivity contribution is -0.131. The highest BCUT2D eigenvalue weighted by molar-refractivity contribution is 6.33. The molecule has 1 N–H and O–H groups in total. The summed E-state index contributed by atoms with van der Waals surface area (Å²) in [6, 6.07) is 6.20. The van der Waals surface area contributed by atoms with Gasteiger partial charge in [0.1, 0.15) is 0 Å². The molecule has 1 saturated carbocycles. The molecular formula is C13H14ClNO2. The molecule has 0 saturated heterocycles. The van der Waals surface area contributed by atoms with Crippen molar-refractivity contribution >= 4 is 29.3 Å². The van der Waals surface area contributed by atoms with Gasteiger partial charge in [0.15, 0.2) is 0 Å². The van der Waals surface area contributed by atoms with Crippen LogP contribution in [-0.4, -0.2) is 24.2 Å². The van der Waals surface area contributed by atoms with Gasteiger partial charge in [0, 0.05) is 19.2 Å². The van der Waals surface area contributed by atoms with Crippen molar-refractivity contribution in [1.29, 1.82) is 0 Å². The molecule has 1 aromatic carbocycles. The van der Waals surface area contributed by atoms with Crippen molar-refractivity contribution in [3.8, 4) is 0 Å². The Balaban J connectivity index is 2.18. The van der Waals surface area contributed by atoms with Crippen LogP contribution in [0.3, 0.4) is 0 Å². The molecule has 0 amide bonds. The number of halogens is 1. The predicted octanol–water partition coefficient (Wildman–Crippen LogP) is 3.04.